The molecule has 1 aliphatic heterocycles. The molecule has 2 aromatic rings. The normalized spacial score (nSPS) is 14.7. The number of nitrogens with zero attached hydrogens (tertiary/aromatic N) is 5. The van der Waals surface area contributed by atoms with E-state index < -0.39 is 10.0 Å². The van der Waals surface area contributed by atoms with Crippen LogP contribution in [0.15, 0.2) is 43.9 Å². The molecule has 0 spiro atoms. The minimum Gasteiger partial charge on any atom is -0.341 e. The maximum atomic E-state index is 12.1. The number of hydrogen-bond donors (Lipinski definition) is 1. The van der Waals surface area contributed by atoms with Crippen LogP contribution in [0.5, 0.6) is 0 Å². The molecule has 0 bridgehead atoms. The van der Waals surface area contributed by atoms with Crippen molar-refractivity contribution < 1.29 is 8.42 Å². The Balaban J connectivity index is 1.85. The fraction of sp³-hybridized carbons (Fsp3) is 0.333. The highest BCUT2D eigenvalue weighted by Gasteiger charge is 2.28. The zero-order valence-electron chi connectivity index (χ0n) is 14.5. The molecule has 0 atom stereocenters. The average molecular weight is 411 g/mol. The molecule has 0 saturated heterocycles. The standard InChI is InChI=1S/C15H18N6O2S3/c1-4-21(5-2)13-16-14(24-3)18-15(17-13)25-19-12-10-8-6-7-9-11(10)26(22,23)20-12/h6-9H,4-5H2,1-3H3,(H,19,20). The van der Waals surface area contributed by atoms with E-state index in [0.717, 1.165) is 25.0 Å². The topological polar surface area (TPSA) is 100 Å². The van der Waals surface area contributed by atoms with E-state index in [1.165, 1.54) is 11.8 Å². The van der Waals surface area contributed by atoms with Gasteiger partial charge in [0.15, 0.2) is 11.0 Å². The van der Waals surface area contributed by atoms with Gasteiger partial charge in [-0.15, -0.1) is 4.40 Å². The van der Waals surface area contributed by atoms with Crippen LogP contribution in [0.2, 0.25) is 0 Å². The number of amidine groups is 1. The van der Waals surface area contributed by atoms with Gasteiger partial charge in [-0.05, 0) is 32.2 Å². The van der Waals surface area contributed by atoms with Gasteiger partial charge in [0.1, 0.15) is 4.90 Å². The van der Waals surface area contributed by atoms with Crippen molar-refractivity contribution >= 4 is 45.5 Å². The van der Waals surface area contributed by atoms with E-state index in [9.17, 15) is 8.42 Å². The van der Waals surface area contributed by atoms with Crippen molar-refractivity contribution in [2.24, 2.45) is 4.40 Å². The Morgan fingerprint density at radius 3 is 2.46 bits per heavy atom. The van der Waals surface area contributed by atoms with Gasteiger partial charge in [0, 0.05) is 30.6 Å². The lowest BCUT2D eigenvalue weighted by Crippen LogP contribution is -2.25. The molecule has 0 aliphatic carbocycles. The maximum absolute atomic E-state index is 12.1. The van der Waals surface area contributed by atoms with Crippen LogP contribution < -0.4 is 9.62 Å². The highest BCUT2D eigenvalue weighted by atomic mass is 32.2. The zero-order chi connectivity index (χ0) is 18.7. The summed E-state index contributed by atoms with van der Waals surface area (Å²) < 4.78 is 31.0. The number of thioether (sulfide) groups is 1. The molecule has 0 unspecified atom stereocenters. The quantitative estimate of drug-likeness (QED) is 0.567. The smallest absolute Gasteiger partial charge is 0.285 e. The lowest BCUT2D eigenvalue weighted by atomic mass is 10.2. The number of benzene rings is 1. The summed E-state index contributed by atoms with van der Waals surface area (Å²) in [5, 5.41) is 1.06. The van der Waals surface area contributed by atoms with Crippen LogP contribution in [0.4, 0.5) is 5.95 Å². The minimum absolute atomic E-state index is 0.201. The summed E-state index contributed by atoms with van der Waals surface area (Å²) in [4.78, 5) is 15.5. The number of nitrogens with one attached hydrogen (secondary N) is 1. The van der Waals surface area contributed by atoms with E-state index in [1.807, 2.05) is 25.0 Å². The Kier molecular flexibility index (Phi) is 5.68. The Labute approximate surface area is 161 Å². The van der Waals surface area contributed by atoms with Crippen molar-refractivity contribution in [3.8, 4) is 0 Å². The number of aromatic nitrogens is 3. The molecule has 11 heteroatoms. The molecule has 3 rings (SSSR count). The Bertz CT molecular complexity index is 944. The van der Waals surface area contributed by atoms with Gasteiger partial charge in [-0.1, -0.05) is 23.9 Å². The summed E-state index contributed by atoms with van der Waals surface area (Å²) in [5.74, 6) is 0.876. The molecule has 0 fully saturated rings. The summed E-state index contributed by atoms with van der Waals surface area (Å²) in [5.41, 5.74) is 0.545. The maximum Gasteiger partial charge on any atom is 0.285 e. The van der Waals surface area contributed by atoms with Gasteiger partial charge in [0.2, 0.25) is 11.1 Å². The fourth-order valence-corrected chi connectivity index (χ4v) is 4.63. The minimum atomic E-state index is -3.65. The molecule has 0 saturated carbocycles. The van der Waals surface area contributed by atoms with Crippen molar-refractivity contribution in [2.45, 2.75) is 29.1 Å². The molecular formula is C15H18N6O2S3. The van der Waals surface area contributed by atoms with Gasteiger partial charge in [-0.25, -0.2) is 0 Å². The van der Waals surface area contributed by atoms with Crippen LogP contribution >= 0.6 is 23.7 Å². The second kappa shape index (κ2) is 7.80. The van der Waals surface area contributed by atoms with Gasteiger partial charge in [-0.2, -0.15) is 23.4 Å². The molecular weight excluding hydrogens is 392 g/mol. The lowest BCUT2D eigenvalue weighted by Gasteiger charge is -2.19. The summed E-state index contributed by atoms with van der Waals surface area (Å²) in [6.45, 7) is 5.63. The highest BCUT2D eigenvalue weighted by Crippen LogP contribution is 2.27. The summed E-state index contributed by atoms with van der Waals surface area (Å²) in [7, 11) is -3.65. The zero-order valence-corrected chi connectivity index (χ0v) is 17.0. The van der Waals surface area contributed by atoms with Crippen LogP contribution in [-0.2, 0) is 10.0 Å². The van der Waals surface area contributed by atoms with Crippen molar-refractivity contribution in [3.05, 3.63) is 29.8 Å². The third kappa shape index (κ3) is 3.79. The summed E-state index contributed by atoms with van der Waals surface area (Å²) >= 11 is 2.54. The number of sulfonamides is 1. The molecule has 26 heavy (non-hydrogen) atoms. The summed E-state index contributed by atoms with van der Waals surface area (Å²) in [6, 6.07) is 6.71. The molecule has 1 aliphatic rings. The van der Waals surface area contributed by atoms with E-state index in [1.54, 1.807) is 24.3 Å². The molecule has 8 nitrogen and oxygen atoms in total. The van der Waals surface area contributed by atoms with Gasteiger partial charge >= 0.3 is 0 Å². The van der Waals surface area contributed by atoms with E-state index >= 15 is 0 Å². The molecule has 138 valence electrons. The molecule has 1 aromatic heterocycles. The second-order valence-electron chi connectivity index (χ2n) is 5.19. The monoisotopic (exact) mass is 410 g/mol. The molecule has 1 N–H and O–H groups in total. The Hall–Kier alpha value is -1.85. The number of fused-ring (bicyclic) bond motifs is 1. The average Bonchev–Trinajstić information content (AvgIpc) is 2.92. The summed E-state index contributed by atoms with van der Waals surface area (Å²) in [6.07, 6.45) is 1.90. The SMILES string of the molecule is CCN(CC)c1nc(SC)nc(SNC2=NS(=O)(=O)c3ccccc32)n1. The van der Waals surface area contributed by atoms with Crippen molar-refractivity contribution in [1.29, 1.82) is 0 Å². The van der Waals surface area contributed by atoms with Crippen LogP contribution in [0, 0.1) is 0 Å². The predicted molar refractivity (Wildman–Crippen MR) is 104 cm³/mol. The van der Waals surface area contributed by atoms with Gasteiger partial charge < -0.3 is 9.62 Å². The van der Waals surface area contributed by atoms with Crippen LogP contribution in [-0.4, -0.2) is 48.6 Å². The van der Waals surface area contributed by atoms with E-state index in [2.05, 4.69) is 24.1 Å². The van der Waals surface area contributed by atoms with Crippen LogP contribution in [0.1, 0.15) is 19.4 Å². The van der Waals surface area contributed by atoms with Gasteiger partial charge in [-0.3, -0.25) is 0 Å². The van der Waals surface area contributed by atoms with E-state index in [4.69, 9.17) is 0 Å². The third-order valence-electron chi connectivity index (χ3n) is 3.68. The van der Waals surface area contributed by atoms with Crippen molar-refractivity contribution in [3.63, 3.8) is 0 Å². The first-order valence-electron chi connectivity index (χ1n) is 7.90. The molecule has 0 amide bonds. The molecule has 1 aromatic carbocycles. The first-order valence-corrected chi connectivity index (χ1v) is 11.4. The van der Waals surface area contributed by atoms with E-state index in [0.29, 0.717) is 21.8 Å². The lowest BCUT2D eigenvalue weighted by molar-refractivity contribution is 0.599. The van der Waals surface area contributed by atoms with Crippen LogP contribution in [0.3, 0.4) is 0 Å². The molecule has 0 radical (unpaired) electrons. The predicted octanol–water partition coefficient (Wildman–Crippen LogP) is 2.19. The van der Waals surface area contributed by atoms with E-state index in [-0.39, 0.29) is 10.7 Å². The van der Waals surface area contributed by atoms with Crippen LogP contribution in [0.25, 0.3) is 0 Å². The van der Waals surface area contributed by atoms with Gasteiger partial charge in [0.25, 0.3) is 10.0 Å². The first kappa shape index (κ1) is 18.9. The van der Waals surface area contributed by atoms with Gasteiger partial charge in [0.05, 0.1) is 0 Å². The number of hydrogen-bond acceptors (Lipinski definition) is 9. The largest absolute Gasteiger partial charge is 0.341 e. The van der Waals surface area contributed by atoms with Crippen molar-refractivity contribution in [2.75, 3.05) is 24.2 Å². The molecule has 2 heterocycles. The fourth-order valence-electron chi connectivity index (χ4n) is 2.39. The Morgan fingerprint density at radius 2 is 1.77 bits per heavy atom. The second-order valence-corrected chi connectivity index (χ2v) is 8.31. The Morgan fingerprint density at radius 1 is 1.08 bits per heavy atom. The first-order chi connectivity index (χ1) is 12.5. The highest BCUT2D eigenvalue weighted by molar-refractivity contribution is 7.98. The third-order valence-corrected chi connectivity index (χ3v) is 6.23. The number of anilines is 1. The number of rotatable bonds is 6. The van der Waals surface area contributed by atoms with Crippen molar-refractivity contribution in [1.82, 2.24) is 19.7 Å².